The molecule has 0 spiro atoms. The number of aromatic nitrogens is 2. The predicted molar refractivity (Wildman–Crippen MR) is 98.5 cm³/mol. The van der Waals surface area contributed by atoms with Crippen molar-refractivity contribution in [3.63, 3.8) is 0 Å². The molecule has 25 heavy (non-hydrogen) atoms. The molecule has 1 N–H and O–H groups in total. The van der Waals surface area contributed by atoms with E-state index in [2.05, 4.69) is 46.4 Å². The Kier molecular flexibility index (Phi) is 5.60. The van der Waals surface area contributed by atoms with Crippen LogP contribution >= 0.6 is 0 Å². The largest absolute Gasteiger partial charge is 0.362 e. The van der Waals surface area contributed by atoms with Crippen LogP contribution in [0.5, 0.6) is 0 Å². The van der Waals surface area contributed by atoms with E-state index in [0.29, 0.717) is 11.5 Å². The molecule has 1 aromatic heterocycles. The molecule has 1 atom stereocenters. The lowest BCUT2D eigenvalue weighted by Gasteiger charge is -2.33. The smallest absolute Gasteiger partial charge is 0.274 e. The number of benzene rings is 1. The van der Waals surface area contributed by atoms with Gasteiger partial charge in [0.25, 0.3) is 5.91 Å². The number of anilines is 1. The Morgan fingerprint density at radius 1 is 1.08 bits per heavy atom. The average molecular weight is 339 g/mol. The number of nitrogens with zero attached hydrogens (tertiary/aromatic N) is 4. The van der Waals surface area contributed by atoms with Gasteiger partial charge in [-0.1, -0.05) is 37.3 Å². The zero-order valence-corrected chi connectivity index (χ0v) is 14.9. The molecule has 0 aliphatic carbocycles. The molecule has 2 aromatic rings. The summed E-state index contributed by atoms with van der Waals surface area (Å²) in [5, 5.41) is 11.6. The van der Waals surface area contributed by atoms with Crippen LogP contribution in [0.25, 0.3) is 0 Å². The molecule has 0 radical (unpaired) electrons. The standard InChI is InChI=1S/C19H25N5O/c1-3-23-11-13-24(14-12-23)19(25)17-9-10-18(22-21-17)20-15(2)16-7-5-4-6-8-16/h4-10,15H,3,11-14H2,1-2H3,(H,20,22). The van der Waals surface area contributed by atoms with Crippen LogP contribution in [-0.2, 0) is 0 Å². The minimum Gasteiger partial charge on any atom is -0.362 e. The normalized spacial score (nSPS) is 16.5. The van der Waals surface area contributed by atoms with Crippen LogP contribution in [0.15, 0.2) is 42.5 Å². The third kappa shape index (κ3) is 4.33. The van der Waals surface area contributed by atoms with Crippen LogP contribution in [0.3, 0.4) is 0 Å². The van der Waals surface area contributed by atoms with E-state index in [0.717, 1.165) is 32.7 Å². The van der Waals surface area contributed by atoms with E-state index in [1.807, 2.05) is 29.2 Å². The van der Waals surface area contributed by atoms with Gasteiger partial charge in [0.05, 0.1) is 0 Å². The van der Waals surface area contributed by atoms with E-state index >= 15 is 0 Å². The number of carbonyl (C=O) groups excluding carboxylic acids is 1. The SMILES string of the molecule is CCN1CCN(C(=O)c2ccc(NC(C)c3ccccc3)nn2)CC1. The van der Waals surface area contributed by atoms with Crippen LogP contribution in [-0.4, -0.2) is 58.6 Å². The van der Waals surface area contributed by atoms with Crippen LogP contribution in [0.4, 0.5) is 5.82 Å². The summed E-state index contributed by atoms with van der Waals surface area (Å²) in [6.45, 7) is 8.59. The molecule has 1 aliphatic rings. The van der Waals surface area contributed by atoms with Gasteiger partial charge in [0.2, 0.25) is 0 Å². The Morgan fingerprint density at radius 3 is 2.40 bits per heavy atom. The molecule has 1 amide bonds. The van der Waals surface area contributed by atoms with Crippen LogP contribution in [0.2, 0.25) is 0 Å². The molecule has 3 rings (SSSR count). The van der Waals surface area contributed by atoms with Gasteiger partial charge in [-0.05, 0) is 31.2 Å². The molecular weight excluding hydrogens is 314 g/mol. The first kappa shape index (κ1) is 17.4. The first-order valence-corrected chi connectivity index (χ1v) is 8.84. The topological polar surface area (TPSA) is 61.4 Å². The van der Waals surface area contributed by atoms with E-state index in [-0.39, 0.29) is 11.9 Å². The van der Waals surface area contributed by atoms with Gasteiger partial charge in [0.1, 0.15) is 5.82 Å². The highest BCUT2D eigenvalue weighted by Gasteiger charge is 2.22. The van der Waals surface area contributed by atoms with Crippen LogP contribution < -0.4 is 5.32 Å². The number of nitrogens with one attached hydrogen (secondary N) is 1. The lowest BCUT2D eigenvalue weighted by atomic mass is 10.1. The van der Waals surface area contributed by atoms with Crippen molar-refractivity contribution < 1.29 is 4.79 Å². The Morgan fingerprint density at radius 2 is 1.80 bits per heavy atom. The first-order valence-electron chi connectivity index (χ1n) is 8.84. The van der Waals surface area contributed by atoms with Crippen LogP contribution in [0, 0.1) is 0 Å². The Labute approximate surface area is 148 Å². The number of hydrogen-bond donors (Lipinski definition) is 1. The Balaban J connectivity index is 1.59. The van der Waals surface area contributed by atoms with Crippen LogP contribution in [0.1, 0.15) is 35.9 Å². The molecule has 0 saturated carbocycles. The molecule has 6 nitrogen and oxygen atoms in total. The second kappa shape index (κ2) is 8.07. The third-order valence-corrected chi connectivity index (χ3v) is 4.65. The molecule has 2 heterocycles. The zero-order chi connectivity index (χ0) is 17.6. The van der Waals surface area contributed by atoms with Crippen molar-refractivity contribution in [2.45, 2.75) is 19.9 Å². The van der Waals surface area contributed by atoms with E-state index in [9.17, 15) is 4.79 Å². The van der Waals surface area contributed by atoms with Crippen molar-refractivity contribution in [2.75, 3.05) is 38.0 Å². The summed E-state index contributed by atoms with van der Waals surface area (Å²) >= 11 is 0. The van der Waals surface area contributed by atoms with Crippen molar-refractivity contribution in [1.82, 2.24) is 20.0 Å². The molecule has 0 bridgehead atoms. The molecule has 1 saturated heterocycles. The van der Waals surface area contributed by atoms with E-state index < -0.39 is 0 Å². The summed E-state index contributed by atoms with van der Waals surface area (Å²) in [6.07, 6.45) is 0. The number of likely N-dealkylation sites (N-methyl/N-ethyl adjacent to an activating group) is 1. The maximum atomic E-state index is 12.5. The molecule has 1 aliphatic heterocycles. The van der Waals surface area contributed by atoms with E-state index in [4.69, 9.17) is 0 Å². The van der Waals surface area contributed by atoms with Gasteiger partial charge in [-0.15, -0.1) is 10.2 Å². The molecule has 1 aromatic carbocycles. The summed E-state index contributed by atoms with van der Waals surface area (Å²) in [5.74, 6) is 0.634. The quantitative estimate of drug-likeness (QED) is 0.906. The van der Waals surface area contributed by atoms with Gasteiger partial charge < -0.3 is 15.1 Å². The van der Waals surface area contributed by atoms with E-state index in [1.54, 1.807) is 6.07 Å². The maximum absolute atomic E-state index is 12.5. The Bertz CT molecular complexity index is 681. The number of rotatable bonds is 5. The Hall–Kier alpha value is -2.47. The predicted octanol–water partition coefficient (Wildman–Crippen LogP) is 2.43. The van der Waals surface area contributed by atoms with Gasteiger partial charge in [-0.2, -0.15) is 0 Å². The molecule has 6 heteroatoms. The minimum atomic E-state index is -0.0362. The summed E-state index contributed by atoms with van der Waals surface area (Å²) in [6, 6.07) is 13.9. The lowest BCUT2D eigenvalue weighted by Crippen LogP contribution is -2.48. The minimum absolute atomic E-state index is 0.0362. The number of amides is 1. The highest BCUT2D eigenvalue weighted by Crippen LogP contribution is 2.17. The second-order valence-electron chi connectivity index (χ2n) is 6.31. The van der Waals surface area contributed by atoms with Crippen molar-refractivity contribution in [3.8, 4) is 0 Å². The molecular formula is C19H25N5O. The maximum Gasteiger partial charge on any atom is 0.274 e. The van der Waals surface area contributed by atoms with Gasteiger partial charge in [0.15, 0.2) is 5.69 Å². The van der Waals surface area contributed by atoms with Gasteiger partial charge in [-0.25, -0.2) is 0 Å². The fourth-order valence-corrected chi connectivity index (χ4v) is 3.00. The number of hydrogen-bond acceptors (Lipinski definition) is 5. The van der Waals surface area contributed by atoms with Crippen molar-refractivity contribution in [2.24, 2.45) is 0 Å². The summed E-state index contributed by atoms with van der Waals surface area (Å²) in [5.41, 5.74) is 1.58. The van der Waals surface area contributed by atoms with Crippen molar-refractivity contribution in [1.29, 1.82) is 0 Å². The van der Waals surface area contributed by atoms with E-state index in [1.165, 1.54) is 5.56 Å². The monoisotopic (exact) mass is 339 g/mol. The second-order valence-corrected chi connectivity index (χ2v) is 6.31. The lowest BCUT2D eigenvalue weighted by molar-refractivity contribution is 0.0636. The highest BCUT2D eigenvalue weighted by atomic mass is 16.2. The average Bonchev–Trinajstić information content (AvgIpc) is 2.69. The molecule has 1 fully saturated rings. The highest BCUT2D eigenvalue weighted by molar-refractivity contribution is 5.92. The fourth-order valence-electron chi connectivity index (χ4n) is 3.00. The van der Waals surface area contributed by atoms with Gasteiger partial charge in [-0.3, -0.25) is 4.79 Å². The summed E-state index contributed by atoms with van der Waals surface area (Å²) in [4.78, 5) is 16.7. The van der Waals surface area contributed by atoms with Crippen molar-refractivity contribution in [3.05, 3.63) is 53.7 Å². The van der Waals surface area contributed by atoms with Crippen molar-refractivity contribution >= 4 is 11.7 Å². The number of piperazine rings is 1. The zero-order valence-electron chi connectivity index (χ0n) is 14.9. The first-order chi connectivity index (χ1) is 12.2. The number of carbonyl (C=O) groups is 1. The molecule has 132 valence electrons. The third-order valence-electron chi connectivity index (χ3n) is 4.65. The summed E-state index contributed by atoms with van der Waals surface area (Å²) < 4.78 is 0. The van der Waals surface area contributed by atoms with Gasteiger partial charge in [0, 0.05) is 32.2 Å². The summed E-state index contributed by atoms with van der Waals surface area (Å²) in [7, 11) is 0. The molecule has 1 unspecified atom stereocenters. The van der Waals surface area contributed by atoms with Gasteiger partial charge >= 0.3 is 0 Å². The fraction of sp³-hybridized carbons (Fsp3) is 0.421.